The van der Waals surface area contributed by atoms with Gasteiger partial charge in [-0.3, -0.25) is 4.79 Å². The third kappa shape index (κ3) is 5.63. The van der Waals surface area contributed by atoms with Crippen molar-refractivity contribution in [2.24, 2.45) is 0 Å². The number of carboxylic acid groups (broad SMARTS) is 1. The number of carbonyl (C=O) groups excluding carboxylic acids is 1. The van der Waals surface area contributed by atoms with Crippen molar-refractivity contribution in [3.63, 3.8) is 0 Å². The van der Waals surface area contributed by atoms with Gasteiger partial charge in [-0.05, 0) is 79.2 Å². The van der Waals surface area contributed by atoms with E-state index in [1.165, 1.54) is 17.1 Å². The molecule has 0 saturated carbocycles. The average molecular weight is 704 g/mol. The second-order valence-corrected chi connectivity index (χ2v) is 14.2. The highest BCUT2D eigenvalue weighted by Gasteiger charge is 2.74. The second kappa shape index (κ2) is 12.1. The van der Waals surface area contributed by atoms with Gasteiger partial charge in [0.05, 0.1) is 22.9 Å². The highest BCUT2D eigenvalue weighted by Crippen LogP contribution is 2.56. The maximum Gasteiger partial charge on any atom is 0.435 e. The number of aliphatic carboxylic acids is 1. The number of halogens is 8. The summed E-state index contributed by atoms with van der Waals surface area (Å²) in [5.74, 6) is -2.75. The summed E-state index contributed by atoms with van der Waals surface area (Å²) >= 11 is 0. The Morgan fingerprint density at radius 2 is 1.69 bits per heavy atom. The molecule has 3 aliphatic rings. The second-order valence-electron chi connectivity index (χ2n) is 12.0. The van der Waals surface area contributed by atoms with Gasteiger partial charge in [0.1, 0.15) is 10.6 Å². The van der Waals surface area contributed by atoms with Gasteiger partial charge in [0.15, 0.2) is 9.84 Å². The summed E-state index contributed by atoms with van der Waals surface area (Å²) in [6, 6.07) is 4.05. The summed E-state index contributed by atoms with van der Waals surface area (Å²) in [5, 5.41) is 9.62. The van der Waals surface area contributed by atoms with Crippen LogP contribution in [0.2, 0.25) is 0 Å². The maximum absolute atomic E-state index is 15.0. The molecule has 0 radical (unpaired) electrons. The SMILES string of the molecule is CCC1=CC(C(=O)O)=CC(CC(=O)N2CCC3(S(=O)(=O)c4cccc(F)c4)c4ccc(C(F)(C(F)(F)F)C(F)(F)F)cc4CCC23)=CC1. The summed E-state index contributed by atoms with van der Waals surface area (Å²) in [7, 11) is -4.72. The number of alkyl halides is 7. The van der Waals surface area contributed by atoms with Crippen molar-refractivity contribution < 1.29 is 58.2 Å². The van der Waals surface area contributed by atoms with E-state index in [4.69, 9.17) is 0 Å². The van der Waals surface area contributed by atoms with Crippen LogP contribution >= 0.6 is 0 Å². The monoisotopic (exact) mass is 703 g/mol. The number of benzene rings is 2. The minimum atomic E-state index is -6.40. The molecule has 5 rings (SSSR count). The van der Waals surface area contributed by atoms with Crippen molar-refractivity contribution in [2.75, 3.05) is 6.54 Å². The molecule has 0 spiro atoms. The van der Waals surface area contributed by atoms with Gasteiger partial charge >= 0.3 is 24.0 Å². The first-order valence-electron chi connectivity index (χ1n) is 14.9. The van der Waals surface area contributed by atoms with E-state index in [0.29, 0.717) is 24.5 Å². The first-order chi connectivity index (χ1) is 22.3. The van der Waals surface area contributed by atoms with E-state index in [1.807, 2.05) is 6.92 Å². The van der Waals surface area contributed by atoms with Crippen LogP contribution in [0, 0.1) is 5.82 Å². The van der Waals surface area contributed by atoms with E-state index >= 15 is 4.39 Å². The summed E-state index contributed by atoms with van der Waals surface area (Å²) in [4.78, 5) is 26.3. The standard InChI is InChI=1S/C33H29F8NO5S/c1-2-19-6-7-20(15-22(14-19)29(44)45)16-28(43)42-13-12-30(48(46,47)25-5-3-4-24(34)18-25)26-10-9-23(17-21(26)8-11-27(30)42)31(35,32(36,37)38)33(39,40)41/h3-5,7,9-10,14-15,17-18,27H,2,6,8,11-13,16H2,1H3,(H,44,45). The van der Waals surface area contributed by atoms with Crippen LogP contribution in [0.5, 0.6) is 0 Å². The molecule has 48 heavy (non-hydrogen) atoms. The van der Waals surface area contributed by atoms with Crippen LogP contribution in [0.4, 0.5) is 35.1 Å². The van der Waals surface area contributed by atoms with E-state index in [2.05, 4.69) is 0 Å². The number of amides is 1. The molecule has 2 aromatic rings. The maximum atomic E-state index is 15.0. The van der Waals surface area contributed by atoms with E-state index < -0.39 is 66.8 Å². The zero-order chi connectivity index (χ0) is 35.4. The third-order valence-electron chi connectivity index (χ3n) is 9.36. The topological polar surface area (TPSA) is 91.8 Å². The molecule has 0 aromatic heterocycles. The van der Waals surface area contributed by atoms with Crippen LogP contribution in [0.3, 0.4) is 0 Å². The Morgan fingerprint density at radius 3 is 2.29 bits per heavy atom. The molecule has 1 aliphatic heterocycles. The number of hydrogen-bond acceptors (Lipinski definition) is 4. The molecule has 2 aliphatic carbocycles. The molecule has 1 fully saturated rings. The summed E-state index contributed by atoms with van der Waals surface area (Å²) in [6.45, 7) is 1.63. The van der Waals surface area contributed by atoms with Gasteiger partial charge < -0.3 is 10.0 Å². The molecule has 1 amide bonds. The lowest BCUT2D eigenvalue weighted by Crippen LogP contribution is -2.53. The fraction of sp³-hybridized carbons (Fsp3) is 0.394. The molecule has 15 heteroatoms. The van der Waals surface area contributed by atoms with Gasteiger partial charge in [0.2, 0.25) is 5.91 Å². The Balaban J connectivity index is 1.62. The number of nitrogens with zero attached hydrogens (tertiary/aromatic N) is 1. The lowest BCUT2D eigenvalue weighted by atomic mass is 9.76. The molecule has 1 saturated heterocycles. The molecule has 0 bridgehead atoms. The summed E-state index contributed by atoms with van der Waals surface area (Å²) in [5.41, 5.74) is -6.94. The largest absolute Gasteiger partial charge is 0.478 e. The molecule has 258 valence electrons. The minimum Gasteiger partial charge on any atom is -0.478 e. The normalized spacial score (nSPS) is 21.8. The van der Waals surface area contributed by atoms with Crippen molar-refractivity contribution in [3.8, 4) is 0 Å². The fourth-order valence-corrected chi connectivity index (χ4v) is 9.38. The van der Waals surface area contributed by atoms with Crippen LogP contribution in [-0.2, 0) is 36.3 Å². The number of sulfone groups is 1. The zero-order valence-corrected chi connectivity index (χ0v) is 26.1. The first kappa shape index (κ1) is 35.3. The zero-order valence-electron chi connectivity index (χ0n) is 25.3. The molecular formula is C33H29F8NO5S. The number of carboxylic acids is 1. The van der Waals surface area contributed by atoms with Gasteiger partial charge in [0.25, 0.3) is 0 Å². The van der Waals surface area contributed by atoms with Gasteiger partial charge in [-0.1, -0.05) is 42.8 Å². The van der Waals surface area contributed by atoms with Crippen molar-refractivity contribution in [3.05, 3.63) is 99.9 Å². The molecule has 2 unspecified atom stereocenters. The molecule has 1 heterocycles. The Morgan fingerprint density at radius 1 is 1.00 bits per heavy atom. The molecule has 2 aromatic carbocycles. The number of allylic oxidation sites excluding steroid dienone is 3. The predicted octanol–water partition coefficient (Wildman–Crippen LogP) is 7.40. The Kier molecular flexibility index (Phi) is 8.93. The third-order valence-corrected chi connectivity index (χ3v) is 11.9. The first-order valence-corrected chi connectivity index (χ1v) is 16.4. The minimum absolute atomic E-state index is 0.0584. The number of fused-ring (bicyclic) bond motifs is 3. The average Bonchev–Trinajstić information content (AvgIpc) is 3.30. The van der Waals surface area contributed by atoms with Crippen LogP contribution in [0.25, 0.3) is 0 Å². The lowest BCUT2D eigenvalue weighted by molar-refractivity contribution is -0.348. The van der Waals surface area contributed by atoms with Crippen molar-refractivity contribution in [1.29, 1.82) is 0 Å². The number of carbonyl (C=O) groups is 2. The van der Waals surface area contributed by atoms with Gasteiger partial charge in [0, 0.05) is 12.1 Å². The van der Waals surface area contributed by atoms with Crippen LogP contribution in [-0.4, -0.2) is 55.2 Å². The van der Waals surface area contributed by atoms with Crippen LogP contribution in [0.1, 0.15) is 55.7 Å². The molecular weight excluding hydrogens is 674 g/mol. The van der Waals surface area contributed by atoms with Crippen molar-refractivity contribution in [1.82, 2.24) is 4.90 Å². The predicted molar refractivity (Wildman–Crippen MR) is 156 cm³/mol. The number of hydrogen-bond donors (Lipinski definition) is 1. The quantitative estimate of drug-likeness (QED) is 0.304. The summed E-state index contributed by atoms with van der Waals surface area (Å²) in [6.07, 6.45) is -8.62. The van der Waals surface area contributed by atoms with Gasteiger partial charge in [-0.25, -0.2) is 22.0 Å². The van der Waals surface area contributed by atoms with E-state index in [1.54, 1.807) is 6.08 Å². The van der Waals surface area contributed by atoms with Crippen LogP contribution < -0.4 is 0 Å². The Bertz CT molecular complexity index is 1850. The van der Waals surface area contributed by atoms with Gasteiger partial charge in [-0.15, -0.1) is 0 Å². The van der Waals surface area contributed by atoms with Crippen molar-refractivity contribution in [2.45, 2.75) is 79.2 Å². The summed E-state index contributed by atoms with van der Waals surface area (Å²) < 4.78 is 138. The lowest BCUT2D eigenvalue weighted by Gasteiger charge is -2.43. The fourth-order valence-electron chi connectivity index (χ4n) is 6.98. The van der Waals surface area contributed by atoms with E-state index in [-0.39, 0.29) is 55.0 Å². The number of rotatable bonds is 7. The van der Waals surface area contributed by atoms with E-state index in [9.17, 15) is 53.8 Å². The van der Waals surface area contributed by atoms with Crippen LogP contribution in [0.15, 0.2) is 82.3 Å². The molecule has 6 nitrogen and oxygen atoms in total. The Hall–Kier alpha value is -4.01. The molecule has 2 atom stereocenters. The molecule has 1 N–H and O–H groups in total. The highest BCUT2D eigenvalue weighted by atomic mass is 32.2. The highest BCUT2D eigenvalue weighted by molar-refractivity contribution is 7.92. The smallest absolute Gasteiger partial charge is 0.435 e. The number of likely N-dealkylation sites (tertiary alicyclic amines) is 1. The Labute approximate surface area is 270 Å². The van der Waals surface area contributed by atoms with E-state index in [0.717, 1.165) is 35.9 Å². The number of aryl methyl sites for hydroxylation is 1. The van der Waals surface area contributed by atoms with Crippen molar-refractivity contribution >= 4 is 21.7 Å². The van der Waals surface area contributed by atoms with Gasteiger partial charge in [-0.2, -0.15) is 26.3 Å².